The van der Waals surface area contributed by atoms with Crippen molar-refractivity contribution in [2.45, 2.75) is 19.3 Å². The number of nitrogens with zero attached hydrogens (tertiary/aromatic N) is 1. The van der Waals surface area contributed by atoms with Crippen LogP contribution >= 0.6 is 0 Å². The molecule has 1 aliphatic carbocycles. The molecule has 3 aromatic rings. The Morgan fingerprint density at radius 1 is 0.917 bits per heavy atom. The zero-order valence-electron chi connectivity index (χ0n) is 20.1. The van der Waals surface area contributed by atoms with E-state index in [0.29, 0.717) is 5.56 Å². The van der Waals surface area contributed by atoms with Gasteiger partial charge in [-0.15, -0.1) is 0 Å². The molecule has 2 N–H and O–H groups in total. The molecular formula is C29H24N2O5. The van der Waals surface area contributed by atoms with Crippen LogP contribution in [0, 0.1) is 0 Å². The lowest BCUT2D eigenvalue weighted by Crippen LogP contribution is -2.25. The van der Waals surface area contributed by atoms with Crippen LogP contribution in [0.5, 0.6) is 0 Å². The Balaban J connectivity index is 1.36. The van der Waals surface area contributed by atoms with Crippen LogP contribution in [0.3, 0.4) is 0 Å². The number of fused-ring (bicyclic) bond motifs is 3. The second-order valence-corrected chi connectivity index (χ2v) is 9.43. The minimum Gasteiger partial charge on any atom is -0.454 e. The number of likely N-dealkylation sites (N-methyl/N-ethyl adjacent to an activating group) is 1. The molecule has 0 saturated carbocycles. The molecular weight excluding hydrogens is 456 g/mol. The predicted octanol–water partition coefficient (Wildman–Crippen LogP) is 4.08. The van der Waals surface area contributed by atoms with Crippen molar-refractivity contribution in [3.05, 3.63) is 106 Å². The van der Waals surface area contributed by atoms with E-state index in [2.05, 4.69) is 0 Å². The molecule has 7 heteroatoms. The molecule has 0 atom stereocenters. The highest BCUT2D eigenvalue weighted by atomic mass is 16.5. The standard InChI is InChI=1S/C29H24N2O5/c1-29(2)21-10-6-7-11-22(21)31(3)23(29)14-16(32)15-36-28(35)20-13-12-19-24(25(20)30)27(34)18-9-5-4-8-17(18)26(19)33/h4-14H,15,30H2,1-3H3/b23-14-. The summed E-state index contributed by atoms with van der Waals surface area (Å²) in [5, 5.41) is 0. The van der Waals surface area contributed by atoms with Gasteiger partial charge in [0.05, 0.1) is 16.8 Å². The molecule has 180 valence electrons. The predicted molar refractivity (Wildman–Crippen MR) is 135 cm³/mol. The molecule has 0 aromatic heterocycles. The van der Waals surface area contributed by atoms with Crippen molar-refractivity contribution in [1.82, 2.24) is 0 Å². The van der Waals surface area contributed by atoms with E-state index in [1.165, 1.54) is 18.2 Å². The van der Waals surface area contributed by atoms with E-state index in [9.17, 15) is 19.2 Å². The smallest absolute Gasteiger partial charge is 0.340 e. The number of benzene rings is 3. The first-order chi connectivity index (χ1) is 17.1. The average Bonchev–Trinajstić information content (AvgIpc) is 3.06. The number of allylic oxidation sites excluding steroid dienone is 1. The Kier molecular flexibility index (Phi) is 5.36. The van der Waals surface area contributed by atoms with Gasteiger partial charge in [-0.1, -0.05) is 56.3 Å². The Labute approximate surface area is 208 Å². The van der Waals surface area contributed by atoms with Gasteiger partial charge >= 0.3 is 5.97 Å². The van der Waals surface area contributed by atoms with E-state index < -0.39 is 23.8 Å². The highest BCUT2D eigenvalue weighted by molar-refractivity contribution is 6.30. The fourth-order valence-electron chi connectivity index (χ4n) is 5.06. The quantitative estimate of drug-likeness (QED) is 0.266. The number of ether oxygens (including phenoxy) is 1. The SMILES string of the molecule is CN1/C(=C\C(=O)COC(=O)c2ccc3c(c2N)C(=O)c2ccccc2C3=O)C(C)(C)c2ccccc21. The van der Waals surface area contributed by atoms with E-state index >= 15 is 0 Å². The van der Waals surface area contributed by atoms with E-state index in [0.717, 1.165) is 16.9 Å². The molecule has 5 rings (SSSR count). The zero-order chi connectivity index (χ0) is 25.8. The first-order valence-electron chi connectivity index (χ1n) is 11.5. The van der Waals surface area contributed by atoms with Gasteiger partial charge in [0.2, 0.25) is 0 Å². The second-order valence-electron chi connectivity index (χ2n) is 9.43. The largest absolute Gasteiger partial charge is 0.454 e. The van der Waals surface area contributed by atoms with Gasteiger partial charge in [0.25, 0.3) is 0 Å². The maximum absolute atomic E-state index is 13.0. The third kappa shape index (κ3) is 3.43. The molecule has 1 aliphatic heterocycles. The van der Waals surface area contributed by atoms with Gasteiger partial charge in [0, 0.05) is 46.6 Å². The van der Waals surface area contributed by atoms with Gasteiger partial charge in [0.15, 0.2) is 24.0 Å². The van der Waals surface area contributed by atoms with Gasteiger partial charge in [-0.25, -0.2) is 4.79 Å². The number of carbonyl (C=O) groups is 4. The van der Waals surface area contributed by atoms with Crippen molar-refractivity contribution in [3.63, 3.8) is 0 Å². The van der Waals surface area contributed by atoms with Crippen LogP contribution in [0.25, 0.3) is 0 Å². The van der Waals surface area contributed by atoms with Crippen LogP contribution in [0.15, 0.2) is 72.4 Å². The molecule has 0 bridgehead atoms. The van der Waals surface area contributed by atoms with Crippen LogP contribution in [-0.4, -0.2) is 37.0 Å². The first-order valence-corrected chi connectivity index (χ1v) is 11.5. The van der Waals surface area contributed by atoms with E-state index in [1.54, 1.807) is 24.3 Å². The first kappa shape index (κ1) is 23.2. The average molecular weight is 481 g/mol. The number of esters is 1. The third-order valence-electron chi connectivity index (χ3n) is 6.94. The molecule has 0 amide bonds. The molecule has 0 radical (unpaired) electrons. The Bertz CT molecular complexity index is 1520. The monoisotopic (exact) mass is 480 g/mol. The van der Waals surface area contributed by atoms with Crippen LogP contribution in [-0.2, 0) is 14.9 Å². The van der Waals surface area contributed by atoms with Gasteiger partial charge in [-0.05, 0) is 23.8 Å². The zero-order valence-corrected chi connectivity index (χ0v) is 20.1. The topological polar surface area (TPSA) is 107 Å². The molecule has 7 nitrogen and oxygen atoms in total. The summed E-state index contributed by atoms with van der Waals surface area (Å²) >= 11 is 0. The molecule has 0 spiro atoms. The Hall–Kier alpha value is -4.52. The normalized spacial score (nSPS) is 16.4. The van der Waals surface area contributed by atoms with Crippen LogP contribution in [0.1, 0.15) is 61.6 Å². The Morgan fingerprint density at radius 2 is 1.56 bits per heavy atom. The minimum absolute atomic E-state index is 0.0197. The molecule has 0 fully saturated rings. The number of rotatable bonds is 4. The molecule has 0 unspecified atom stereocenters. The van der Waals surface area contributed by atoms with E-state index in [1.807, 2.05) is 50.1 Å². The van der Waals surface area contributed by atoms with Crippen molar-refractivity contribution in [2.24, 2.45) is 0 Å². The molecule has 0 saturated heterocycles. The van der Waals surface area contributed by atoms with Crippen molar-refractivity contribution in [2.75, 3.05) is 24.3 Å². The lowest BCUT2D eigenvalue weighted by Gasteiger charge is -2.24. The highest BCUT2D eigenvalue weighted by Crippen LogP contribution is 2.46. The van der Waals surface area contributed by atoms with E-state index in [4.69, 9.17) is 10.5 Å². The Morgan fingerprint density at radius 3 is 2.25 bits per heavy atom. The number of anilines is 2. The number of hydrogen-bond acceptors (Lipinski definition) is 7. The summed E-state index contributed by atoms with van der Waals surface area (Å²) in [6.07, 6.45) is 1.49. The fraction of sp³-hybridized carbons (Fsp3) is 0.172. The lowest BCUT2D eigenvalue weighted by molar-refractivity contribution is -0.117. The van der Waals surface area contributed by atoms with Crippen LogP contribution in [0.4, 0.5) is 11.4 Å². The number of carbonyl (C=O) groups excluding carboxylic acids is 4. The summed E-state index contributed by atoms with van der Waals surface area (Å²) in [6.45, 7) is 3.57. The number of nitrogens with two attached hydrogens (primary N) is 1. The van der Waals surface area contributed by atoms with Gasteiger partial charge in [-0.3, -0.25) is 14.4 Å². The van der Waals surface area contributed by atoms with Gasteiger partial charge in [-0.2, -0.15) is 0 Å². The van der Waals surface area contributed by atoms with E-state index in [-0.39, 0.29) is 39.5 Å². The summed E-state index contributed by atoms with van der Waals surface area (Å²) in [5.41, 5.74) is 9.14. The van der Waals surface area contributed by atoms with Crippen molar-refractivity contribution < 1.29 is 23.9 Å². The number of para-hydroxylation sites is 1. The van der Waals surface area contributed by atoms with Crippen LogP contribution in [0.2, 0.25) is 0 Å². The highest BCUT2D eigenvalue weighted by Gasteiger charge is 2.38. The van der Waals surface area contributed by atoms with Crippen LogP contribution < -0.4 is 10.6 Å². The lowest BCUT2D eigenvalue weighted by atomic mass is 9.82. The van der Waals surface area contributed by atoms with Crippen molar-refractivity contribution in [1.29, 1.82) is 0 Å². The number of ketones is 3. The summed E-state index contributed by atoms with van der Waals surface area (Å²) in [7, 11) is 1.89. The minimum atomic E-state index is -0.844. The number of nitrogen functional groups attached to an aromatic ring is 1. The maximum atomic E-state index is 13.0. The van der Waals surface area contributed by atoms with Crippen molar-refractivity contribution >= 4 is 34.7 Å². The third-order valence-corrected chi connectivity index (χ3v) is 6.94. The summed E-state index contributed by atoms with van der Waals surface area (Å²) in [4.78, 5) is 53.4. The van der Waals surface area contributed by atoms with Gasteiger partial charge < -0.3 is 15.4 Å². The maximum Gasteiger partial charge on any atom is 0.340 e. The second kappa shape index (κ2) is 8.30. The summed E-state index contributed by atoms with van der Waals surface area (Å²) in [6, 6.07) is 17.1. The fourth-order valence-corrected chi connectivity index (χ4v) is 5.06. The van der Waals surface area contributed by atoms with Gasteiger partial charge in [0.1, 0.15) is 0 Å². The summed E-state index contributed by atoms with van der Waals surface area (Å²) < 4.78 is 5.26. The molecule has 3 aromatic carbocycles. The molecule has 2 aliphatic rings. The van der Waals surface area contributed by atoms with Crippen molar-refractivity contribution in [3.8, 4) is 0 Å². The summed E-state index contributed by atoms with van der Waals surface area (Å²) in [5.74, 6) is -2.00. The number of hydrogen-bond donors (Lipinski definition) is 1. The molecule has 36 heavy (non-hydrogen) atoms. The molecule has 1 heterocycles.